The number of aliphatic hydroxyl groups excluding tert-OH is 1. The summed E-state index contributed by atoms with van der Waals surface area (Å²) < 4.78 is 5.61. The van der Waals surface area contributed by atoms with E-state index >= 15 is 0 Å². The van der Waals surface area contributed by atoms with Gasteiger partial charge in [-0.3, -0.25) is 0 Å². The molecule has 1 aliphatic heterocycles. The summed E-state index contributed by atoms with van der Waals surface area (Å²) in [5.41, 5.74) is 0. The third-order valence-electron chi connectivity index (χ3n) is 2.31. The van der Waals surface area contributed by atoms with Crippen LogP contribution < -0.4 is 0 Å². The lowest BCUT2D eigenvalue weighted by Gasteiger charge is -2.11. The van der Waals surface area contributed by atoms with Gasteiger partial charge in [0.25, 0.3) is 0 Å². The average molecular weight is 158 g/mol. The third kappa shape index (κ3) is 2.17. The van der Waals surface area contributed by atoms with Gasteiger partial charge in [-0.05, 0) is 12.8 Å². The van der Waals surface area contributed by atoms with Crippen LogP contribution in [0.2, 0.25) is 0 Å². The maximum absolute atomic E-state index is 9.46. The Morgan fingerprint density at radius 3 is 2.64 bits per heavy atom. The molecule has 1 fully saturated rings. The minimum absolute atomic E-state index is 0.103. The molecule has 1 saturated heterocycles. The summed E-state index contributed by atoms with van der Waals surface area (Å²) in [7, 11) is 0. The molecule has 0 bridgehead atoms. The fourth-order valence-electron chi connectivity index (χ4n) is 1.69. The van der Waals surface area contributed by atoms with E-state index in [1.165, 1.54) is 0 Å². The van der Waals surface area contributed by atoms with Gasteiger partial charge in [0.1, 0.15) is 0 Å². The molecule has 1 rings (SSSR count). The first-order valence-electron chi connectivity index (χ1n) is 4.61. The van der Waals surface area contributed by atoms with Crippen LogP contribution in [0.5, 0.6) is 0 Å². The highest BCUT2D eigenvalue weighted by Gasteiger charge is 2.31. The topological polar surface area (TPSA) is 29.5 Å². The fraction of sp³-hybridized carbons (Fsp3) is 1.00. The summed E-state index contributed by atoms with van der Waals surface area (Å²) in [6.45, 7) is 4.21. The number of ether oxygens (including phenoxy) is 1. The molecule has 1 aliphatic rings. The molecule has 0 saturated carbocycles. The van der Waals surface area contributed by atoms with Crippen LogP contribution in [0.4, 0.5) is 0 Å². The quantitative estimate of drug-likeness (QED) is 0.677. The maximum atomic E-state index is 9.46. The monoisotopic (exact) mass is 158 g/mol. The molecule has 3 atom stereocenters. The van der Waals surface area contributed by atoms with Gasteiger partial charge in [-0.15, -0.1) is 0 Å². The van der Waals surface area contributed by atoms with Crippen LogP contribution in [-0.2, 0) is 4.74 Å². The summed E-state index contributed by atoms with van der Waals surface area (Å²) in [5.74, 6) is 0. The Balaban J connectivity index is 2.30. The minimum atomic E-state index is -0.212. The third-order valence-corrected chi connectivity index (χ3v) is 2.31. The lowest BCUT2D eigenvalue weighted by Crippen LogP contribution is -2.19. The molecule has 11 heavy (non-hydrogen) atoms. The van der Waals surface area contributed by atoms with Crippen molar-refractivity contribution < 1.29 is 9.84 Å². The molecule has 0 aromatic carbocycles. The summed E-state index contributed by atoms with van der Waals surface area (Å²) in [5, 5.41) is 9.46. The van der Waals surface area contributed by atoms with E-state index in [0.29, 0.717) is 6.10 Å². The van der Waals surface area contributed by atoms with Gasteiger partial charge < -0.3 is 9.84 Å². The summed E-state index contributed by atoms with van der Waals surface area (Å²) in [6, 6.07) is 0. The van der Waals surface area contributed by atoms with Crippen molar-refractivity contribution in [2.24, 2.45) is 0 Å². The molecule has 0 aliphatic carbocycles. The van der Waals surface area contributed by atoms with Crippen LogP contribution in [0.15, 0.2) is 0 Å². The second-order valence-corrected chi connectivity index (χ2v) is 3.30. The van der Waals surface area contributed by atoms with Crippen molar-refractivity contribution in [1.82, 2.24) is 0 Å². The van der Waals surface area contributed by atoms with Gasteiger partial charge in [-0.25, -0.2) is 0 Å². The van der Waals surface area contributed by atoms with Crippen LogP contribution in [0.3, 0.4) is 0 Å². The van der Waals surface area contributed by atoms with Crippen LogP contribution in [-0.4, -0.2) is 23.4 Å². The predicted octanol–water partition coefficient (Wildman–Crippen LogP) is 1.71. The Kier molecular flexibility index (Phi) is 3.34. The second kappa shape index (κ2) is 4.07. The van der Waals surface area contributed by atoms with E-state index in [0.717, 1.165) is 25.7 Å². The van der Waals surface area contributed by atoms with Gasteiger partial charge in [0.2, 0.25) is 0 Å². The van der Waals surface area contributed by atoms with Gasteiger partial charge in [0.15, 0.2) is 0 Å². The largest absolute Gasteiger partial charge is 0.390 e. The Morgan fingerprint density at radius 1 is 1.45 bits per heavy atom. The first-order chi connectivity index (χ1) is 5.27. The zero-order chi connectivity index (χ0) is 8.27. The molecule has 0 amide bonds. The molecular formula is C9H18O2. The SMILES string of the molecule is CCC[C@H]1CC(O)[C@@H](CC)O1. The van der Waals surface area contributed by atoms with Crippen molar-refractivity contribution in [2.45, 2.75) is 57.8 Å². The van der Waals surface area contributed by atoms with Crippen LogP contribution in [0.25, 0.3) is 0 Å². The van der Waals surface area contributed by atoms with Crippen molar-refractivity contribution in [3.05, 3.63) is 0 Å². The van der Waals surface area contributed by atoms with Crippen molar-refractivity contribution in [2.75, 3.05) is 0 Å². The standard InChI is InChI=1S/C9H18O2/c1-3-5-7-6-8(10)9(4-2)11-7/h7-10H,3-6H2,1-2H3/t7-,8?,9+/m0/s1. The van der Waals surface area contributed by atoms with Gasteiger partial charge in [0.05, 0.1) is 18.3 Å². The van der Waals surface area contributed by atoms with Crippen LogP contribution >= 0.6 is 0 Å². The second-order valence-electron chi connectivity index (χ2n) is 3.30. The Bertz CT molecular complexity index is 114. The lowest BCUT2D eigenvalue weighted by atomic mass is 10.1. The van der Waals surface area contributed by atoms with E-state index in [2.05, 4.69) is 13.8 Å². The van der Waals surface area contributed by atoms with Crippen LogP contribution in [0.1, 0.15) is 39.5 Å². The van der Waals surface area contributed by atoms with Crippen molar-refractivity contribution in [3.63, 3.8) is 0 Å². The van der Waals surface area contributed by atoms with E-state index in [-0.39, 0.29) is 12.2 Å². The zero-order valence-corrected chi connectivity index (χ0v) is 7.42. The highest BCUT2D eigenvalue weighted by molar-refractivity contribution is 4.80. The Morgan fingerprint density at radius 2 is 2.18 bits per heavy atom. The van der Waals surface area contributed by atoms with E-state index in [4.69, 9.17) is 4.74 Å². The van der Waals surface area contributed by atoms with Crippen molar-refractivity contribution in [1.29, 1.82) is 0 Å². The summed E-state index contributed by atoms with van der Waals surface area (Å²) in [4.78, 5) is 0. The van der Waals surface area contributed by atoms with Crippen LogP contribution in [0, 0.1) is 0 Å². The molecule has 1 heterocycles. The number of hydrogen-bond acceptors (Lipinski definition) is 2. The van der Waals surface area contributed by atoms with Crippen molar-refractivity contribution in [3.8, 4) is 0 Å². The van der Waals surface area contributed by atoms with Gasteiger partial charge in [0, 0.05) is 6.42 Å². The average Bonchev–Trinajstić information content (AvgIpc) is 2.32. The van der Waals surface area contributed by atoms with E-state index in [9.17, 15) is 5.11 Å². The Labute approximate surface area is 68.6 Å². The molecule has 2 heteroatoms. The smallest absolute Gasteiger partial charge is 0.0836 e. The predicted molar refractivity (Wildman–Crippen MR) is 44.5 cm³/mol. The summed E-state index contributed by atoms with van der Waals surface area (Å²) in [6.07, 6.45) is 4.22. The Hall–Kier alpha value is -0.0800. The highest BCUT2D eigenvalue weighted by atomic mass is 16.5. The molecule has 1 unspecified atom stereocenters. The lowest BCUT2D eigenvalue weighted by molar-refractivity contribution is 0.00577. The van der Waals surface area contributed by atoms with E-state index in [1.54, 1.807) is 0 Å². The van der Waals surface area contributed by atoms with E-state index in [1.807, 2.05) is 0 Å². The normalized spacial score (nSPS) is 37.9. The molecule has 0 spiro atoms. The van der Waals surface area contributed by atoms with Gasteiger partial charge in [-0.2, -0.15) is 0 Å². The van der Waals surface area contributed by atoms with Crippen molar-refractivity contribution >= 4 is 0 Å². The molecular weight excluding hydrogens is 140 g/mol. The molecule has 0 radical (unpaired) electrons. The van der Waals surface area contributed by atoms with Gasteiger partial charge >= 0.3 is 0 Å². The molecule has 2 nitrogen and oxygen atoms in total. The molecule has 66 valence electrons. The molecule has 1 N–H and O–H groups in total. The highest BCUT2D eigenvalue weighted by Crippen LogP contribution is 2.25. The first kappa shape index (κ1) is 9.01. The fourth-order valence-corrected chi connectivity index (χ4v) is 1.69. The number of rotatable bonds is 3. The zero-order valence-electron chi connectivity index (χ0n) is 7.42. The summed E-state index contributed by atoms with van der Waals surface area (Å²) >= 11 is 0. The number of aliphatic hydroxyl groups is 1. The maximum Gasteiger partial charge on any atom is 0.0836 e. The number of hydrogen-bond donors (Lipinski definition) is 1. The minimum Gasteiger partial charge on any atom is -0.390 e. The van der Waals surface area contributed by atoms with E-state index < -0.39 is 0 Å². The first-order valence-corrected chi connectivity index (χ1v) is 4.61. The molecule has 0 aromatic rings. The van der Waals surface area contributed by atoms with Gasteiger partial charge in [-0.1, -0.05) is 20.3 Å². The molecule has 0 aromatic heterocycles.